The molecule has 0 saturated carbocycles. The van der Waals surface area contributed by atoms with Crippen LogP contribution in [0, 0.1) is 18.8 Å². The van der Waals surface area contributed by atoms with E-state index in [0.717, 1.165) is 16.5 Å². The summed E-state index contributed by atoms with van der Waals surface area (Å²) in [4.78, 5) is 20.0. The largest absolute Gasteiger partial charge is 0.480 e. The summed E-state index contributed by atoms with van der Waals surface area (Å²) < 4.78 is 0. The lowest BCUT2D eigenvalue weighted by molar-refractivity contribution is -0.139. The molecule has 0 fully saturated rings. The molecule has 2 aromatic rings. The highest BCUT2D eigenvalue weighted by atomic mass is 16.4. The van der Waals surface area contributed by atoms with Crippen LogP contribution in [-0.2, 0) is 4.79 Å². The van der Waals surface area contributed by atoms with Gasteiger partial charge in [-0.3, -0.25) is 0 Å². The summed E-state index contributed by atoms with van der Waals surface area (Å²) in [5.74, 6) is -0.0509. The molecule has 1 aromatic heterocycles. The molecule has 2 atom stereocenters. The Morgan fingerprint density at radius 3 is 2.57 bits per heavy atom. The van der Waals surface area contributed by atoms with Gasteiger partial charge in [0.2, 0.25) is 0 Å². The van der Waals surface area contributed by atoms with E-state index in [1.165, 1.54) is 6.33 Å². The number of nitrogens with zero attached hydrogens (tertiary/aromatic N) is 2. The number of nitrogens with one attached hydrogen (secondary N) is 1. The van der Waals surface area contributed by atoms with Crippen molar-refractivity contribution in [3.63, 3.8) is 0 Å². The van der Waals surface area contributed by atoms with Crippen LogP contribution in [0.4, 0.5) is 5.82 Å². The van der Waals surface area contributed by atoms with E-state index in [-0.39, 0.29) is 11.8 Å². The lowest BCUT2D eigenvalue weighted by atomic mass is 9.90. The first kappa shape index (κ1) is 15.2. The minimum Gasteiger partial charge on any atom is -0.480 e. The molecule has 5 heteroatoms. The molecule has 5 nitrogen and oxygen atoms in total. The van der Waals surface area contributed by atoms with Gasteiger partial charge in [0.25, 0.3) is 0 Å². The molecule has 0 radical (unpaired) electrons. The molecule has 0 amide bonds. The molecular weight excluding hydrogens is 266 g/mol. The monoisotopic (exact) mass is 287 g/mol. The average Bonchev–Trinajstić information content (AvgIpc) is 2.43. The molecule has 0 aliphatic heterocycles. The van der Waals surface area contributed by atoms with Crippen molar-refractivity contribution in [3.05, 3.63) is 30.1 Å². The number of benzene rings is 1. The molecule has 112 valence electrons. The number of aliphatic carboxylic acids is 1. The van der Waals surface area contributed by atoms with Crippen molar-refractivity contribution in [3.8, 4) is 0 Å². The average molecular weight is 287 g/mol. The number of rotatable bonds is 5. The van der Waals surface area contributed by atoms with Crippen molar-refractivity contribution in [2.45, 2.75) is 33.7 Å². The summed E-state index contributed by atoms with van der Waals surface area (Å²) in [5, 5.41) is 13.4. The predicted molar refractivity (Wildman–Crippen MR) is 83.3 cm³/mol. The zero-order valence-electron chi connectivity index (χ0n) is 12.8. The number of aryl methyl sites for hydroxylation is 1. The van der Waals surface area contributed by atoms with Gasteiger partial charge in [0.1, 0.15) is 18.2 Å². The molecule has 21 heavy (non-hydrogen) atoms. The molecule has 1 aromatic carbocycles. The number of aromatic nitrogens is 2. The Hall–Kier alpha value is -2.17. The van der Waals surface area contributed by atoms with Crippen LogP contribution in [-0.4, -0.2) is 27.1 Å². The van der Waals surface area contributed by atoms with Crippen LogP contribution >= 0.6 is 0 Å². The smallest absolute Gasteiger partial charge is 0.326 e. The van der Waals surface area contributed by atoms with Crippen LogP contribution in [0.3, 0.4) is 0 Å². The summed E-state index contributed by atoms with van der Waals surface area (Å²) in [5.41, 5.74) is 1.89. The zero-order valence-corrected chi connectivity index (χ0v) is 12.8. The summed E-state index contributed by atoms with van der Waals surface area (Å²) in [6.45, 7) is 7.96. The van der Waals surface area contributed by atoms with Gasteiger partial charge in [0.05, 0.1) is 5.52 Å². The second-order valence-electron chi connectivity index (χ2n) is 5.81. The van der Waals surface area contributed by atoms with E-state index in [9.17, 15) is 9.90 Å². The van der Waals surface area contributed by atoms with Crippen molar-refractivity contribution in [1.29, 1.82) is 0 Å². The third-order valence-electron chi connectivity index (χ3n) is 3.93. The van der Waals surface area contributed by atoms with E-state index in [0.29, 0.717) is 5.82 Å². The standard InChI is InChI=1S/C16H21N3O2/c1-9(2)11(4)14(16(20)21)19-15-12-7-10(3)5-6-13(12)17-8-18-15/h5-9,11,14H,1-4H3,(H,20,21)(H,17,18,19)/t11-,14-/m1/s1. The fourth-order valence-corrected chi connectivity index (χ4v) is 2.24. The Labute approximate surface area is 124 Å². The molecular formula is C16H21N3O2. The summed E-state index contributed by atoms with van der Waals surface area (Å²) in [6.07, 6.45) is 1.46. The minimum atomic E-state index is -0.865. The molecule has 0 bridgehead atoms. The highest BCUT2D eigenvalue weighted by Crippen LogP contribution is 2.24. The van der Waals surface area contributed by atoms with Crippen LogP contribution in [0.25, 0.3) is 10.9 Å². The van der Waals surface area contributed by atoms with E-state index in [2.05, 4.69) is 15.3 Å². The van der Waals surface area contributed by atoms with Crippen molar-refractivity contribution >= 4 is 22.7 Å². The maximum absolute atomic E-state index is 11.5. The van der Waals surface area contributed by atoms with Crippen LogP contribution in [0.2, 0.25) is 0 Å². The number of carboxylic acid groups (broad SMARTS) is 1. The van der Waals surface area contributed by atoms with Gasteiger partial charge in [-0.1, -0.05) is 32.4 Å². The Morgan fingerprint density at radius 1 is 1.24 bits per heavy atom. The molecule has 0 spiro atoms. The molecule has 2 N–H and O–H groups in total. The van der Waals surface area contributed by atoms with Crippen molar-refractivity contribution in [2.75, 3.05) is 5.32 Å². The molecule has 0 unspecified atom stereocenters. The van der Waals surface area contributed by atoms with E-state index >= 15 is 0 Å². The van der Waals surface area contributed by atoms with Crippen LogP contribution in [0.15, 0.2) is 24.5 Å². The molecule has 2 rings (SSSR count). The van der Waals surface area contributed by atoms with Crippen LogP contribution in [0.5, 0.6) is 0 Å². The first-order valence-electron chi connectivity index (χ1n) is 7.11. The predicted octanol–water partition coefficient (Wildman–Crippen LogP) is 3.10. The number of carboxylic acids is 1. The second kappa shape index (κ2) is 6.08. The number of fused-ring (bicyclic) bond motifs is 1. The van der Waals surface area contributed by atoms with Gasteiger partial charge in [-0.05, 0) is 30.9 Å². The summed E-state index contributed by atoms with van der Waals surface area (Å²) in [7, 11) is 0. The van der Waals surface area contributed by atoms with Gasteiger partial charge in [0.15, 0.2) is 0 Å². The van der Waals surface area contributed by atoms with E-state index in [1.807, 2.05) is 45.9 Å². The highest BCUT2D eigenvalue weighted by Gasteiger charge is 2.27. The molecule has 0 saturated heterocycles. The topological polar surface area (TPSA) is 75.1 Å². The van der Waals surface area contributed by atoms with Crippen LogP contribution < -0.4 is 5.32 Å². The maximum Gasteiger partial charge on any atom is 0.326 e. The first-order chi connectivity index (χ1) is 9.90. The lowest BCUT2D eigenvalue weighted by Crippen LogP contribution is -2.38. The van der Waals surface area contributed by atoms with Gasteiger partial charge in [-0.15, -0.1) is 0 Å². The molecule has 1 heterocycles. The third-order valence-corrected chi connectivity index (χ3v) is 3.93. The minimum absolute atomic E-state index is 0.0164. The fraction of sp³-hybridized carbons (Fsp3) is 0.438. The number of carbonyl (C=O) groups is 1. The van der Waals surface area contributed by atoms with Crippen molar-refractivity contribution in [2.24, 2.45) is 11.8 Å². The molecule has 0 aliphatic carbocycles. The van der Waals surface area contributed by atoms with Crippen molar-refractivity contribution < 1.29 is 9.90 Å². The lowest BCUT2D eigenvalue weighted by Gasteiger charge is -2.25. The van der Waals surface area contributed by atoms with Gasteiger partial charge >= 0.3 is 5.97 Å². The zero-order chi connectivity index (χ0) is 15.6. The Bertz CT molecular complexity index is 655. The van der Waals surface area contributed by atoms with Gasteiger partial charge in [-0.25, -0.2) is 14.8 Å². The van der Waals surface area contributed by atoms with E-state index in [1.54, 1.807) is 0 Å². The first-order valence-corrected chi connectivity index (χ1v) is 7.11. The van der Waals surface area contributed by atoms with Gasteiger partial charge < -0.3 is 10.4 Å². The van der Waals surface area contributed by atoms with E-state index in [4.69, 9.17) is 0 Å². The quantitative estimate of drug-likeness (QED) is 0.883. The number of anilines is 1. The van der Waals surface area contributed by atoms with Gasteiger partial charge in [-0.2, -0.15) is 0 Å². The van der Waals surface area contributed by atoms with Crippen molar-refractivity contribution in [1.82, 2.24) is 9.97 Å². The van der Waals surface area contributed by atoms with Gasteiger partial charge in [0, 0.05) is 5.39 Å². The molecule has 0 aliphatic rings. The fourth-order valence-electron chi connectivity index (χ4n) is 2.24. The summed E-state index contributed by atoms with van der Waals surface area (Å²) in [6, 6.07) is 5.18. The summed E-state index contributed by atoms with van der Waals surface area (Å²) >= 11 is 0. The second-order valence-corrected chi connectivity index (χ2v) is 5.81. The SMILES string of the molecule is Cc1ccc2ncnc(N[C@@H](C(=O)O)[C@H](C)C(C)C)c2c1. The normalized spacial score (nSPS) is 14.1. The van der Waals surface area contributed by atoms with Crippen LogP contribution in [0.1, 0.15) is 26.3 Å². The maximum atomic E-state index is 11.5. The highest BCUT2D eigenvalue weighted by molar-refractivity contribution is 5.91. The Morgan fingerprint density at radius 2 is 1.95 bits per heavy atom. The number of hydrogen-bond donors (Lipinski definition) is 2. The Kier molecular flexibility index (Phi) is 4.40. The number of hydrogen-bond acceptors (Lipinski definition) is 4. The third kappa shape index (κ3) is 3.29. The van der Waals surface area contributed by atoms with E-state index < -0.39 is 12.0 Å². The Balaban J connectivity index is 2.41.